The summed E-state index contributed by atoms with van der Waals surface area (Å²) in [5.74, 6) is 0.295. The number of benzene rings is 1. The van der Waals surface area contributed by atoms with Gasteiger partial charge in [-0.05, 0) is 43.4 Å². The summed E-state index contributed by atoms with van der Waals surface area (Å²) in [6.07, 6.45) is 4.04. The molecule has 3 amide bonds. The predicted octanol–water partition coefficient (Wildman–Crippen LogP) is 3.42. The number of hydrogen-bond acceptors (Lipinski definition) is 3. The maximum absolute atomic E-state index is 12.7. The highest BCUT2D eigenvalue weighted by atomic mass is 16.2. The number of carbonyl (C=O) groups excluding carboxylic acids is 3. The fourth-order valence-corrected chi connectivity index (χ4v) is 4.06. The fraction of sp³-hybridized carbons (Fsp3) is 0.609. The summed E-state index contributed by atoms with van der Waals surface area (Å²) in [5.41, 5.74) is 1.42. The van der Waals surface area contributed by atoms with Crippen LogP contribution in [0.2, 0.25) is 0 Å². The molecule has 2 saturated heterocycles. The van der Waals surface area contributed by atoms with Gasteiger partial charge < -0.3 is 15.1 Å². The number of likely N-dealkylation sites (tertiary alicyclic amines) is 2. The van der Waals surface area contributed by atoms with Crippen molar-refractivity contribution in [2.45, 2.75) is 59.4 Å². The van der Waals surface area contributed by atoms with E-state index >= 15 is 0 Å². The highest BCUT2D eigenvalue weighted by molar-refractivity contribution is 5.93. The summed E-state index contributed by atoms with van der Waals surface area (Å²) in [6.45, 7) is 8.45. The van der Waals surface area contributed by atoms with Crippen LogP contribution in [0, 0.1) is 11.3 Å². The Morgan fingerprint density at radius 2 is 1.83 bits per heavy atom. The van der Waals surface area contributed by atoms with E-state index in [2.05, 4.69) is 5.32 Å². The third-order valence-corrected chi connectivity index (χ3v) is 5.78. The van der Waals surface area contributed by atoms with Crippen molar-refractivity contribution in [3.63, 3.8) is 0 Å². The zero-order valence-electron chi connectivity index (χ0n) is 17.9. The lowest BCUT2D eigenvalue weighted by atomic mass is 9.90. The van der Waals surface area contributed by atoms with Crippen LogP contribution in [0.3, 0.4) is 0 Å². The van der Waals surface area contributed by atoms with Crippen molar-refractivity contribution < 1.29 is 14.4 Å². The number of amides is 3. The van der Waals surface area contributed by atoms with E-state index in [9.17, 15) is 14.4 Å². The van der Waals surface area contributed by atoms with Crippen molar-refractivity contribution in [1.29, 1.82) is 0 Å². The van der Waals surface area contributed by atoms with Crippen LogP contribution in [0.4, 0.5) is 5.69 Å². The average molecular weight is 400 g/mol. The van der Waals surface area contributed by atoms with Gasteiger partial charge in [0.15, 0.2) is 0 Å². The number of hydrogen-bond donors (Lipinski definition) is 1. The van der Waals surface area contributed by atoms with Gasteiger partial charge in [0.1, 0.15) is 0 Å². The number of nitrogens with zero attached hydrogens (tertiary/aromatic N) is 2. The highest BCUT2D eigenvalue weighted by Crippen LogP contribution is 2.25. The summed E-state index contributed by atoms with van der Waals surface area (Å²) >= 11 is 0. The molecule has 29 heavy (non-hydrogen) atoms. The standard InChI is InChI=1S/C23H33N3O3/c1-23(2,3)22(29)25-13-10-18(11-14-25)21(28)24-19-8-6-7-17(15-19)16-26-12-5-4-9-20(26)27/h6-8,15,18H,4-5,9-14,16H2,1-3H3,(H,24,28). The smallest absolute Gasteiger partial charge is 0.227 e. The van der Waals surface area contributed by atoms with Gasteiger partial charge >= 0.3 is 0 Å². The van der Waals surface area contributed by atoms with Crippen molar-refractivity contribution in [3.05, 3.63) is 29.8 Å². The predicted molar refractivity (Wildman–Crippen MR) is 113 cm³/mol. The Bertz CT molecular complexity index is 761. The van der Waals surface area contributed by atoms with Crippen LogP contribution < -0.4 is 5.32 Å². The van der Waals surface area contributed by atoms with Gasteiger partial charge in [-0.1, -0.05) is 32.9 Å². The molecule has 2 heterocycles. The Labute approximate surface area is 173 Å². The van der Waals surface area contributed by atoms with Crippen LogP contribution in [-0.2, 0) is 20.9 Å². The van der Waals surface area contributed by atoms with E-state index < -0.39 is 0 Å². The van der Waals surface area contributed by atoms with Gasteiger partial charge in [0.05, 0.1) is 0 Å². The summed E-state index contributed by atoms with van der Waals surface area (Å²) < 4.78 is 0. The largest absolute Gasteiger partial charge is 0.342 e. The van der Waals surface area contributed by atoms with E-state index in [4.69, 9.17) is 0 Å². The molecule has 2 fully saturated rings. The van der Waals surface area contributed by atoms with E-state index in [0.717, 1.165) is 30.6 Å². The number of carbonyl (C=O) groups is 3. The van der Waals surface area contributed by atoms with E-state index in [0.29, 0.717) is 38.9 Å². The molecule has 1 aromatic rings. The van der Waals surface area contributed by atoms with E-state index in [1.165, 1.54) is 0 Å². The average Bonchev–Trinajstić information content (AvgIpc) is 2.69. The number of anilines is 1. The van der Waals surface area contributed by atoms with Crippen LogP contribution >= 0.6 is 0 Å². The molecule has 0 aliphatic carbocycles. The number of rotatable bonds is 4. The summed E-state index contributed by atoms with van der Waals surface area (Å²) in [5, 5.41) is 3.03. The maximum atomic E-state index is 12.7. The maximum Gasteiger partial charge on any atom is 0.227 e. The molecule has 0 aromatic heterocycles. The van der Waals surface area contributed by atoms with Gasteiger partial charge in [-0.2, -0.15) is 0 Å². The monoisotopic (exact) mass is 399 g/mol. The van der Waals surface area contributed by atoms with Gasteiger partial charge in [0.2, 0.25) is 17.7 Å². The second-order valence-electron chi connectivity index (χ2n) is 9.28. The minimum Gasteiger partial charge on any atom is -0.342 e. The first-order valence-corrected chi connectivity index (χ1v) is 10.7. The molecule has 2 aliphatic rings. The van der Waals surface area contributed by atoms with Gasteiger partial charge in [0.25, 0.3) is 0 Å². The van der Waals surface area contributed by atoms with Crippen LogP contribution in [-0.4, -0.2) is 47.2 Å². The molecule has 2 aliphatic heterocycles. The second-order valence-corrected chi connectivity index (χ2v) is 9.28. The van der Waals surface area contributed by atoms with Gasteiger partial charge in [-0.25, -0.2) is 0 Å². The minimum absolute atomic E-state index is 0.0130. The Morgan fingerprint density at radius 1 is 1.10 bits per heavy atom. The van der Waals surface area contributed by atoms with Gasteiger partial charge in [-0.15, -0.1) is 0 Å². The molecule has 3 rings (SSSR count). The molecule has 0 unspecified atom stereocenters. The Balaban J connectivity index is 1.53. The molecule has 0 atom stereocenters. The first-order chi connectivity index (χ1) is 13.7. The first-order valence-electron chi connectivity index (χ1n) is 10.7. The third-order valence-electron chi connectivity index (χ3n) is 5.78. The van der Waals surface area contributed by atoms with Gasteiger partial charge in [0, 0.05) is 49.6 Å². The number of piperidine rings is 2. The van der Waals surface area contributed by atoms with Gasteiger partial charge in [-0.3, -0.25) is 14.4 Å². The molecule has 0 bridgehead atoms. The van der Waals surface area contributed by atoms with Crippen molar-refractivity contribution in [1.82, 2.24) is 9.80 Å². The van der Waals surface area contributed by atoms with Crippen LogP contribution in [0.1, 0.15) is 58.4 Å². The van der Waals surface area contributed by atoms with Crippen molar-refractivity contribution in [2.75, 3.05) is 25.0 Å². The van der Waals surface area contributed by atoms with Crippen LogP contribution in [0.25, 0.3) is 0 Å². The summed E-state index contributed by atoms with van der Waals surface area (Å²) in [7, 11) is 0. The van der Waals surface area contributed by atoms with E-state index in [1.807, 2.05) is 54.8 Å². The molecular formula is C23H33N3O3. The zero-order chi connectivity index (χ0) is 21.0. The van der Waals surface area contributed by atoms with E-state index in [-0.39, 0.29) is 29.1 Å². The van der Waals surface area contributed by atoms with Crippen LogP contribution in [0.5, 0.6) is 0 Å². The second kappa shape index (κ2) is 8.97. The lowest BCUT2D eigenvalue weighted by Crippen LogP contribution is -2.45. The first kappa shape index (κ1) is 21.3. The molecule has 1 N–H and O–H groups in total. The third kappa shape index (κ3) is 5.58. The quantitative estimate of drug-likeness (QED) is 0.843. The summed E-state index contributed by atoms with van der Waals surface area (Å²) in [6, 6.07) is 7.76. The lowest BCUT2D eigenvalue weighted by molar-refractivity contribution is -0.142. The molecule has 1 aromatic carbocycles. The SMILES string of the molecule is CC(C)(C)C(=O)N1CCC(C(=O)Nc2cccc(CN3CCCCC3=O)c2)CC1. The highest BCUT2D eigenvalue weighted by Gasteiger charge is 2.32. The Kier molecular flexibility index (Phi) is 6.60. The lowest BCUT2D eigenvalue weighted by Gasteiger charge is -2.35. The fourth-order valence-electron chi connectivity index (χ4n) is 4.06. The molecule has 0 saturated carbocycles. The molecule has 0 spiro atoms. The molecule has 0 radical (unpaired) electrons. The van der Waals surface area contributed by atoms with Crippen molar-refractivity contribution in [3.8, 4) is 0 Å². The van der Waals surface area contributed by atoms with E-state index in [1.54, 1.807) is 0 Å². The Morgan fingerprint density at radius 3 is 2.48 bits per heavy atom. The topological polar surface area (TPSA) is 69.7 Å². The minimum atomic E-state index is -0.384. The van der Waals surface area contributed by atoms with Crippen molar-refractivity contribution in [2.24, 2.45) is 11.3 Å². The normalized spacial score (nSPS) is 18.7. The van der Waals surface area contributed by atoms with Crippen LogP contribution in [0.15, 0.2) is 24.3 Å². The Hall–Kier alpha value is -2.37. The molecule has 6 nitrogen and oxygen atoms in total. The molecule has 6 heteroatoms. The van der Waals surface area contributed by atoms with Crippen molar-refractivity contribution >= 4 is 23.4 Å². The number of nitrogens with one attached hydrogen (secondary N) is 1. The summed E-state index contributed by atoms with van der Waals surface area (Å²) in [4.78, 5) is 40.9. The molecule has 158 valence electrons. The zero-order valence-corrected chi connectivity index (χ0v) is 17.9. The molecular weight excluding hydrogens is 366 g/mol.